The highest BCUT2D eigenvalue weighted by Crippen LogP contribution is 2.42. The molecule has 0 spiro atoms. The number of hydrogen-bond donors (Lipinski definition) is 38. The molecule has 12 fully saturated rings. The van der Waals surface area contributed by atoms with Crippen LogP contribution in [0, 0.1) is 0 Å². The van der Waals surface area contributed by atoms with Crippen LogP contribution >= 0.6 is 0 Å². The lowest BCUT2D eigenvalue weighted by atomic mass is 9.94. The van der Waals surface area contributed by atoms with E-state index in [0.717, 1.165) is 6.92 Å². The topological polar surface area (TPSA) is 990 Å². The maximum absolute atomic E-state index is 12.9. The highest BCUT2D eigenvalue weighted by Gasteiger charge is 2.63. The molecule has 0 aromatic carbocycles. The lowest BCUT2D eigenvalue weighted by Crippen LogP contribution is -2.69. The lowest BCUT2D eigenvalue weighted by Gasteiger charge is -2.51. The Morgan fingerprint density at radius 3 is 0.728 bits per heavy atom. The molecule has 12 saturated heterocycles. The minimum absolute atomic E-state index is 0.926. The molecule has 0 aromatic heterocycles. The van der Waals surface area contributed by atoms with E-state index in [2.05, 4.69) is 5.32 Å². The van der Waals surface area contributed by atoms with Crippen LogP contribution in [-0.4, -0.2) is 643 Å². The van der Waals surface area contributed by atoms with Crippen molar-refractivity contribution in [3.8, 4) is 0 Å². The summed E-state index contributed by atoms with van der Waals surface area (Å²) in [7, 11) is 0. The van der Waals surface area contributed by atoms with Crippen LogP contribution in [0.4, 0.5) is 0 Å². The molecule has 1 unspecified atom stereocenters. The summed E-state index contributed by atoms with van der Waals surface area (Å²) in [6, 6.07) is -1.89. The molecule has 0 aromatic rings. The summed E-state index contributed by atoms with van der Waals surface area (Å²) in [5.41, 5.74) is 0. The summed E-state index contributed by atoms with van der Waals surface area (Å²) >= 11 is 0. The number of nitrogens with one attached hydrogen (secondary N) is 1. The first-order valence-electron chi connectivity index (χ1n) is 43.2. The maximum Gasteiger partial charge on any atom is 0.217 e. The Balaban J connectivity index is 0.880. The number of ether oxygens (including phenoxy) is 23. The monoisotopic (exact) mass is 2000 g/mol. The van der Waals surface area contributed by atoms with E-state index in [1.807, 2.05) is 0 Å². The summed E-state index contributed by atoms with van der Waals surface area (Å²) in [5.74, 6) is -0.933. The van der Waals surface area contributed by atoms with Gasteiger partial charge in [-0.1, -0.05) is 0 Å². The second-order valence-electron chi connectivity index (χ2n) is 34.5. The van der Waals surface area contributed by atoms with Crippen LogP contribution in [0.25, 0.3) is 0 Å². The molecule has 792 valence electrons. The zero-order valence-electron chi connectivity index (χ0n) is 71.5. The van der Waals surface area contributed by atoms with Crippen molar-refractivity contribution >= 4 is 5.91 Å². The summed E-state index contributed by atoms with van der Waals surface area (Å²) < 4.78 is 134. The molecule has 0 saturated carbocycles. The summed E-state index contributed by atoms with van der Waals surface area (Å²) in [4.78, 5) is 12.5. The molecule has 12 aliphatic heterocycles. The summed E-state index contributed by atoms with van der Waals surface area (Å²) in [6.07, 6.45) is -132. The Bertz CT molecular complexity index is 3590. The number of hydrogen-bond acceptors (Lipinski definition) is 61. The van der Waals surface area contributed by atoms with Gasteiger partial charge in [0.1, 0.15) is 293 Å². The minimum atomic E-state index is -2.72. The minimum Gasteiger partial charge on any atom is -0.394 e. The van der Waals surface area contributed by atoms with E-state index in [-0.39, 0.29) is 0 Å². The summed E-state index contributed by atoms with van der Waals surface area (Å²) in [6.45, 7) is -13.0. The van der Waals surface area contributed by atoms with Crippen molar-refractivity contribution in [2.45, 2.75) is 375 Å². The van der Waals surface area contributed by atoms with E-state index >= 15 is 0 Å². The van der Waals surface area contributed by atoms with Crippen LogP contribution in [-0.2, 0) is 114 Å². The Kier molecular flexibility index (Phi) is 40.0. The molecule has 0 bridgehead atoms. The van der Waals surface area contributed by atoms with E-state index in [1.165, 1.54) is 0 Å². The molecule has 136 heavy (non-hydrogen) atoms. The van der Waals surface area contributed by atoms with Gasteiger partial charge in [-0.15, -0.1) is 0 Å². The molecule has 60 atom stereocenters. The predicted molar refractivity (Wildman–Crippen MR) is 407 cm³/mol. The van der Waals surface area contributed by atoms with Crippen molar-refractivity contribution in [2.24, 2.45) is 0 Å². The fourth-order valence-electron chi connectivity index (χ4n) is 17.4. The van der Waals surface area contributed by atoms with Crippen molar-refractivity contribution in [1.82, 2.24) is 5.32 Å². The first kappa shape index (κ1) is 112. The molecule has 0 aliphatic carbocycles. The molecule has 38 N–H and O–H groups in total. The number of carbonyl (C=O) groups is 1. The Morgan fingerprint density at radius 1 is 0.191 bits per heavy atom. The number of carbonyl (C=O) groups excluding carboxylic acids is 1. The number of rotatable bonds is 35. The average molecular weight is 2000 g/mol. The van der Waals surface area contributed by atoms with Crippen LogP contribution in [0.1, 0.15) is 6.92 Å². The molecule has 12 heterocycles. The van der Waals surface area contributed by atoms with Gasteiger partial charge in [-0.3, -0.25) is 4.79 Å². The highest BCUT2D eigenvalue weighted by atomic mass is 16.8. The molecular weight excluding hydrogens is 1880 g/mol. The van der Waals surface area contributed by atoms with Gasteiger partial charge in [-0.2, -0.15) is 0 Å². The second-order valence-corrected chi connectivity index (χ2v) is 34.5. The van der Waals surface area contributed by atoms with E-state index < -0.39 is 454 Å². The van der Waals surface area contributed by atoms with Crippen LogP contribution in [0.2, 0.25) is 0 Å². The largest absolute Gasteiger partial charge is 0.394 e. The van der Waals surface area contributed by atoms with Crippen LogP contribution in [0.3, 0.4) is 0 Å². The first-order chi connectivity index (χ1) is 64.5. The second kappa shape index (κ2) is 48.6. The lowest BCUT2D eigenvalue weighted by molar-refractivity contribution is -0.412. The zero-order valence-corrected chi connectivity index (χ0v) is 71.5. The van der Waals surface area contributed by atoms with E-state index in [4.69, 9.17) is 109 Å². The van der Waals surface area contributed by atoms with Gasteiger partial charge in [0, 0.05) is 6.92 Å². The van der Waals surface area contributed by atoms with E-state index in [0.29, 0.717) is 0 Å². The van der Waals surface area contributed by atoms with Gasteiger partial charge in [0.2, 0.25) is 5.91 Å². The molecule has 62 heteroatoms. The number of aliphatic hydroxyl groups is 37. The average Bonchev–Trinajstić information content (AvgIpc) is 0.770. The highest BCUT2D eigenvalue weighted by molar-refractivity contribution is 5.73. The van der Waals surface area contributed by atoms with E-state index in [1.54, 1.807) is 0 Å². The van der Waals surface area contributed by atoms with Gasteiger partial charge in [0.05, 0.1) is 79.3 Å². The van der Waals surface area contributed by atoms with Crippen molar-refractivity contribution in [1.29, 1.82) is 0 Å². The van der Waals surface area contributed by atoms with Gasteiger partial charge in [-0.25, -0.2) is 0 Å². The molecule has 12 aliphatic rings. The van der Waals surface area contributed by atoms with Gasteiger partial charge in [-0.05, 0) is 0 Å². The third kappa shape index (κ3) is 23.7. The predicted octanol–water partition coefficient (Wildman–Crippen LogP) is -27.0. The van der Waals surface area contributed by atoms with Crippen molar-refractivity contribution in [2.75, 3.05) is 79.3 Å². The first-order valence-corrected chi connectivity index (χ1v) is 43.2. The number of amides is 1. The third-order valence-corrected chi connectivity index (χ3v) is 25.5. The van der Waals surface area contributed by atoms with E-state index in [9.17, 15) is 194 Å². The molecule has 1 amide bonds. The van der Waals surface area contributed by atoms with Crippen LogP contribution in [0.5, 0.6) is 0 Å². The smallest absolute Gasteiger partial charge is 0.217 e. The van der Waals surface area contributed by atoms with Crippen LogP contribution in [0.15, 0.2) is 0 Å². The van der Waals surface area contributed by atoms with Gasteiger partial charge >= 0.3 is 0 Å². The molecule has 12 rings (SSSR count). The fourth-order valence-corrected chi connectivity index (χ4v) is 17.4. The van der Waals surface area contributed by atoms with Gasteiger partial charge in [0.25, 0.3) is 0 Å². The standard InChI is InChI=1S/C74H125NO61/c1-14(85)75-27-39(97)55(23(10-84)117-63(27)113)129-71-54(112)59(133-74-62(46(104)34(92)24(128-74)11-114-64-47(105)40(98)28(86)15(2-76)118-64)136-73-61(45(103)33(91)20(7-81)125-73)135-70-53(111)57(36(94)22(9-83)123-70)131-67-49(107)42(100)30(88)17(4-78)120-67)38(96)26(127-71)12-115-65-51(109)58(132-68-50(108)43(101)31(89)18(5-79)121-68)37(95)25(126-65)13-116-72-60(44(102)32(90)19(6-80)124-72)134-69-52(110)56(35(93)21(8-82)122-69)130-66-48(106)41(99)29(87)16(3-77)119-66/h15-74,76-84,86-113H,2-13H2,1H3,(H,75,85)/t15-,16-,17-,18-,19-,20-,21-,22-,23-,24-,25-,26-,27-,28-,29-,30-,31-,32-,33-,34-,35-,36-,37-,38-,39-,40+,41+,42+,43+,44+,45+,46+,47+,48+,49+,50+,51+,52+,53+,54+,55-,56+,57+,58+,59+,60+,61+,62+,63?,64+,65+,66-,67-,68-,69-,70-,71+,72+,73-,74-/m1/s1. The maximum atomic E-state index is 12.9. The van der Waals surface area contributed by atoms with Crippen molar-refractivity contribution in [3.63, 3.8) is 0 Å². The summed E-state index contributed by atoms with van der Waals surface area (Å²) in [5, 5.41) is 415. The Morgan fingerprint density at radius 2 is 0.390 bits per heavy atom. The molecule has 62 nitrogen and oxygen atoms in total. The van der Waals surface area contributed by atoms with Crippen LogP contribution < -0.4 is 5.32 Å². The molecular formula is C74H125NO61. The zero-order chi connectivity index (χ0) is 99.7. The van der Waals surface area contributed by atoms with Gasteiger partial charge in [0.15, 0.2) is 75.5 Å². The fraction of sp³-hybridized carbons (Fsp3) is 0.986. The third-order valence-electron chi connectivity index (χ3n) is 25.5. The van der Waals surface area contributed by atoms with Crippen molar-refractivity contribution < 1.29 is 303 Å². The SMILES string of the molecule is CC(=O)N[C@H]1C(O)O[C@H](CO)[C@@H](O[C@@H]2O[C@H](CO[C@H]3O[C@H](CO[C@H]4O[C@H](CO)[C@@H](O)[C@H](O)[C@@H]4O[C@H]4O[C@H](CO)[C@@H](O)[C@H](O[C@H]5O[C@H](CO)[C@@H](O)[C@H](O)[C@@H]5O)[C@@H]4O)[C@@H](O)[C@H](O[C@H]4O[C@H](CO)[C@@H](O)[C@H](O)[C@@H]4O)[C@@H]3O)[C@@H](O)[C@H](O[C@H]3O[C@H](CO[C@H]4O[C@H](CO)[C@@H](O)[C@H](O)[C@@H]4O)[C@@H](O)[C@H](O)[C@@H]3O[C@H]3O[C@H](CO)[C@@H](O)[C@H](O)[C@@H]3O[C@H]3O[C@H](CO)[C@@H](O)[C@H](O[C@H]4O[C@H](CO)[C@@H](O)[C@H](O)[C@@H]4O)[C@@H]3O)[C@@H]2O)[C@@H]1O. The normalized spacial score (nSPS) is 52.8. The Hall–Kier alpha value is -2.93. The van der Waals surface area contributed by atoms with Crippen molar-refractivity contribution in [3.05, 3.63) is 0 Å². The van der Waals surface area contributed by atoms with Gasteiger partial charge < -0.3 is 303 Å². The Labute approximate surface area is 766 Å². The number of aliphatic hydroxyl groups excluding tert-OH is 37. The molecule has 0 radical (unpaired) electrons. The quantitative estimate of drug-likeness (QED) is 0.0280.